The first-order valence-electron chi connectivity index (χ1n) is 11.0. The number of nitrogens with zero attached hydrogens (tertiary/aromatic N) is 1. The van der Waals surface area contributed by atoms with Crippen LogP contribution in [0, 0.1) is 0 Å². The highest BCUT2D eigenvalue weighted by molar-refractivity contribution is 7.77. The number of ether oxygens (including phenoxy) is 1. The highest BCUT2D eigenvalue weighted by Gasteiger charge is 2.24. The number of hydrogen-bond donors (Lipinski definition) is 2. The molecular formula is C26H28N3O6S-. The summed E-state index contributed by atoms with van der Waals surface area (Å²) in [5, 5.41) is 1.94. The van der Waals surface area contributed by atoms with Crippen LogP contribution >= 0.6 is 0 Å². The molecule has 0 bridgehead atoms. The van der Waals surface area contributed by atoms with E-state index >= 15 is 0 Å². The Bertz CT molecular complexity index is 1550. The van der Waals surface area contributed by atoms with Gasteiger partial charge in [0, 0.05) is 41.2 Å². The minimum absolute atomic E-state index is 0. The number of H-pyrrole nitrogens is 1. The molecule has 1 atom stereocenters. The zero-order valence-electron chi connectivity index (χ0n) is 20.4. The summed E-state index contributed by atoms with van der Waals surface area (Å²) in [6.07, 6.45) is 1.46. The van der Waals surface area contributed by atoms with E-state index in [9.17, 15) is 18.4 Å². The molecule has 0 saturated heterocycles. The van der Waals surface area contributed by atoms with Crippen LogP contribution in [-0.2, 0) is 23.2 Å². The third kappa shape index (κ3) is 5.63. The topological polar surface area (TPSA) is 148 Å². The predicted molar refractivity (Wildman–Crippen MR) is 140 cm³/mol. The molecule has 3 aromatic carbocycles. The molecule has 0 spiro atoms. The van der Waals surface area contributed by atoms with Gasteiger partial charge in [-0.15, -0.1) is 0 Å². The summed E-state index contributed by atoms with van der Waals surface area (Å²) in [5.74, 6) is 0.705. The van der Waals surface area contributed by atoms with E-state index in [0.29, 0.717) is 11.4 Å². The molecule has 0 radical (unpaired) electrons. The molecule has 1 aromatic heterocycles. The van der Waals surface area contributed by atoms with Gasteiger partial charge in [-0.2, -0.15) is 0 Å². The number of benzene rings is 3. The van der Waals surface area contributed by atoms with Crippen molar-refractivity contribution in [3.05, 3.63) is 92.8 Å². The van der Waals surface area contributed by atoms with E-state index < -0.39 is 22.5 Å². The Hall–Kier alpha value is -3.57. The molecule has 0 amide bonds. The summed E-state index contributed by atoms with van der Waals surface area (Å²) < 4.78 is 31.3. The van der Waals surface area contributed by atoms with Crippen LogP contribution in [0.4, 0.5) is 0 Å². The maximum atomic E-state index is 12.5. The minimum Gasteiger partial charge on any atom is -0.760 e. The predicted octanol–water partition coefficient (Wildman–Crippen LogP) is 2.71. The molecule has 4 N–H and O–H groups in total. The lowest BCUT2D eigenvalue weighted by molar-refractivity contribution is 0.399. The van der Waals surface area contributed by atoms with Gasteiger partial charge in [0.25, 0.3) is 5.56 Å². The normalized spacial score (nSPS) is 12.2. The van der Waals surface area contributed by atoms with Gasteiger partial charge in [0.2, 0.25) is 0 Å². The molecule has 0 aliphatic carbocycles. The molecule has 0 aliphatic heterocycles. The average Bonchev–Trinajstić information content (AvgIpc) is 2.81. The van der Waals surface area contributed by atoms with Gasteiger partial charge in [0.1, 0.15) is 5.75 Å². The van der Waals surface area contributed by atoms with Crippen molar-refractivity contribution in [3.63, 3.8) is 0 Å². The monoisotopic (exact) mass is 510 g/mol. The molecule has 0 aliphatic rings. The largest absolute Gasteiger partial charge is 0.760 e. The number of methoxy groups -OCH3 is 1. The molecule has 0 saturated carbocycles. The maximum absolute atomic E-state index is 12.5. The SMILES string of the molecule is COc1c(-c2ccc3cc(CNS(=O)[O-])ccc3c2)cc(-n2ccc(=O)[nH]c2=O)cc1C(C)(C)C.O. The van der Waals surface area contributed by atoms with E-state index in [1.165, 1.54) is 16.8 Å². The smallest absolute Gasteiger partial charge is 0.332 e. The second-order valence-corrected chi connectivity index (χ2v) is 10.0. The maximum Gasteiger partial charge on any atom is 0.332 e. The zero-order valence-corrected chi connectivity index (χ0v) is 21.2. The van der Waals surface area contributed by atoms with Crippen LogP contribution in [-0.4, -0.2) is 30.9 Å². The van der Waals surface area contributed by atoms with Crippen LogP contribution in [0.3, 0.4) is 0 Å². The fourth-order valence-corrected chi connectivity index (χ4v) is 4.36. The van der Waals surface area contributed by atoms with Crippen LogP contribution in [0.2, 0.25) is 0 Å². The number of aromatic nitrogens is 2. The first-order valence-corrected chi connectivity index (χ1v) is 12.0. The van der Waals surface area contributed by atoms with E-state index in [-0.39, 0.29) is 17.4 Å². The zero-order chi connectivity index (χ0) is 25.3. The van der Waals surface area contributed by atoms with Gasteiger partial charge in [-0.25, -0.2) is 9.52 Å². The third-order valence-corrected chi connectivity index (χ3v) is 6.18. The van der Waals surface area contributed by atoms with Crippen LogP contribution in [0.5, 0.6) is 5.75 Å². The summed E-state index contributed by atoms with van der Waals surface area (Å²) in [4.78, 5) is 26.4. The van der Waals surface area contributed by atoms with Crippen molar-refractivity contribution < 1.29 is 19.0 Å². The van der Waals surface area contributed by atoms with Crippen molar-refractivity contribution in [2.45, 2.75) is 32.7 Å². The number of hydrogen-bond acceptors (Lipinski definition) is 5. The van der Waals surface area contributed by atoms with Crippen molar-refractivity contribution in [3.8, 4) is 22.6 Å². The van der Waals surface area contributed by atoms with Crippen LogP contribution < -0.4 is 20.7 Å². The number of rotatable bonds is 6. The van der Waals surface area contributed by atoms with Crippen molar-refractivity contribution in [2.75, 3.05) is 7.11 Å². The van der Waals surface area contributed by atoms with Crippen LogP contribution in [0.15, 0.2) is 70.4 Å². The molecule has 1 heterocycles. The van der Waals surface area contributed by atoms with Gasteiger partial charge in [0.05, 0.1) is 12.8 Å². The standard InChI is InChI=1S/C26H27N3O5S.H2O/c1-26(2,3)22-14-20(29-10-9-23(30)28-25(29)31)13-21(24(22)34-4)19-8-7-17-11-16(15-27-35(32)33)5-6-18(17)12-19;/h5-14,27H,15H2,1-4H3,(H,32,33)(H,28,30,31);1H2/p-1. The van der Waals surface area contributed by atoms with E-state index in [1.54, 1.807) is 7.11 Å². The summed E-state index contributed by atoms with van der Waals surface area (Å²) in [6, 6.07) is 16.8. The fourth-order valence-electron chi connectivity index (χ4n) is 4.08. The quantitative estimate of drug-likeness (QED) is 0.383. The number of fused-ring (bicyclic) bond motifs is 1. The van der Waals surface area contributed by atoms with Crippen molar-refractivity contribution in [2.24, 2.45) is 0 Å². The summed E-state index contributed by atoms with van der Waals surface area (Å²) in [5.41, 5.74) is 2.81. The molecule has 190 valence electrons. The molecule has 4 rings (SSSR count). The molecule has 1 unspecified atom stereocenters. The second kappa shape index (κ2) is 10.6. The van der Waals surface area contributed by atoms with E-state index in [4.69, 9.17) is 4.74 Å². The van der Waals surface area contributed by atoms with Crippen molar-refractivity contribution in [1.29, 1.82) is 0 Å². The Balaban J connectivity index is 0.00000361. The Morgan fingerprint density at radius 2 is 1.72 bits per heavy atom. The van der Waals surface area contributed by atoms with Crippen molar-refractivity contribution in [1.82, 2.24) is 14.3 Å². The third-order valence-electron chi connectivity index (χ3n) is 5.80. The number of nitrogens with one attached hydrogen (secondary N) is 2. The average molecular weight is 511 g/mol. The van der Waals surface area contributed by atoms with Gasteiger partial charge in [-0.1, -0.05) is 45.0 Å². The molecular weight excluding hydrogens is 482 g/mol. The molecule has 10 heteroatoms. The van der Waals surface area contributed by atoms with Gasteiger partial charge in [-0.3, -0.25) is 18.6 Å². The van der Waals surface area contributed by atoms with E-state index in [1.807, 2.05) is 48.5 Å². The Kier molecular flexibility index (Phi) is 7.95. The van der Waals surface area contributed by atoms with Crippen LogP contribution in [0.25, 0.3) is 27.6 Å². The Labute approximate surface area is 210 Å². The van der Waals surface area contributed by atoms with E-state index in [2.05, 4.69) is 30.5 Å². The highest BCUT2D eigenvalue weighted by Crippen LogP contribution is 2.41. The molecule has 36 heavy (non-hydrogen) atoms. The van der Waals surface area contributed by atoms with Crippen molar-refractivity contribution >= 4 is 22.0 Å². The molecule has 4 aromatic rings. The lowest BCUT2D eigenvalue weighted by atomic mass is 9.83. The second-order valence-electron chi connectivity index (χ2n) is 9.26. The van der Waals surface area contributed by atoms with E-state index in [0.717, 1.165) is 33.0 Å². The fraction of sp³-hybridized carbons (Fsp3) is 0.231. The summed E-state index contributed by atoms with van der Waals surface area (Å²) in [6.45, 7) is 6.42. The lowest BCUT2D eigenvalue weighted by Crippen LogP contribution is -2.27. The Morgan fingerprint density at radius 3 is 2.36 bits per heavy atom. The highest BCUT2D eigenvalue weighted by atomic mass is 32.2. The summed E-state index contributed by atoms with van der Waals surface area (Å²) >= 11 is -2.32. The first kappa shape index (κ1) is 27.0. The van der Waals surface area contributed by atoms with Gasteiger partial charge < -0.3 is 14.8 Å². The summed E-state index contributed by atoms with van der Waals surface area (Å²) in [7, 11) is 1.63. The molecule has 9 nitrogen and oxygen atoms in total. The van der Waals surface area contributed by atoms with Crippen LogP contribution in [0.1, 0.15) is 31.9 Å². The minimum atomic E-state index is -2.32. The molecule has 0 fully saturated rings. The lowest BCUT2D eigenvalue weighted by Gasteiger charge is -2.25. The number of aromatic amines is 1. The van der Waals surface area contributed by atoms with Gasteiger partial charge in [-0.05, 0) is 51.6 Å². The van der Waals surface area contributed by atoms with Gasteiger partial charge >= 0.3 is 5.69 Å². The van der Waals surface area contributed by atoms with Gasteiger partial charge in [0.15, 0.2) is 0 Å². The first-order chi connectivity index (χ1) is 16.6. The Morgan fingerprint density at radius 1 is 1.03 bits per heavy atom.